The van der Waals surface area contributed by atoms with Gasteiger partial charge in [-0.3, -0.25) is 9.36 Å². The lowest BCUT2D eigenvalue weighted by Gasteiger charge is -2.23. The lowest BCUT2D eigenvalue weighted by molar-refractivity contribution is -0.136. The number of carbonyl (C=O) groups excluding carboxylic acids is 1. The number of benzene rings is 2. The second kappa shape index (κ2) is 11.0. The highest BCUT2D eigenvalue weighted by Gasteiger charge is 2.31. The maximum atomic E-state index is 13.7. The Kier molecular flexibility index (Phi) is 7.74. The van der Waals surface area contributed by atoms with Crippen LogP contribution >= 0.6 is 11.3 Å². The van der Waals surface area contributed by atoms with Crippen LogP contribution in [0.15, 0.2) is 64.0 Å². The van der Waals surface area contributed by atoms with E-state index in [2.05, 4.69) is 31.0 Å². The fraction of sp³-hybridized carbons (Fsp3) is 0.321. The number of nitrogens with zero attached hydrogens (tertiary/aromatic N) is 2. The summed E-state index contributed by atoms with van der Waals surface area (Å²) < 4.78 is 18.6. The molecule has 8 heteroatoms. The van der Waals surface area contributed by atoms with E-state index in [1.807, 2.05) is 44.2 Å². The SMILES string of the molecule is CCOc1ccc([C@H]2C(C(=O)OC)=CN=c3s/c(=C\c4ccc(C(C)C)cc4)c(=O)n32)cc1OCC. The van der Waals surface area contributed by atoms with Gasteiger partial charge in [0.1, 0.15) is 0 Å². The Morgan fingerprint density at radius 3 is 2.42 bits per heavy atom. The molecule has 0 unspecified atom stereocenters. The molecule has 2 aromatic carbocycles. The van der Waals surface area contributed by atoms with Crippen LogP contribution in [0.4, 0.5) is 0 Å². The number of thiazole rings is 1. The molecule has 36 heavy (non-hydrogen) atoms. The van der Waals surface area contributed by atoms with Crippen molar-refractivity contribution in [3.63, 3.8) is 0 Å². The lowest BCUT2D eigenvalue weighted by atomic mass is 9.97. The monoisotopic (exact) mass is 506 g/mol. The summed E-state index contributed by atoms with van der Waals surface area (Å²) in [5, 5.41) is 0. The standard InChI is InChI=1S/C28H30N2O5S/c1-6-34-22-13-12-20(15-23(22)35-7-2)25-21(27(32)33-5)16-29-28-30(25)26(31)24(36-28)14-18-8-10-19(11-9-18)17(3)4/h8-17,25H,6-7H2,1-5H3/b24-14-/t25-/m0/s1. The first-order chi connectivity index (χ1) is 17.4. The number of hydrogen-bond donors (Lipinski definition) is 0. The third kappa shape index (κ3) is 4.99. The molecule has 3 aromatic rings. The van der Waals surface area contributed by atoms with Crippen LogP contribution in [0.1, 0.15) is 56.3 Å². The van der Waals surface area contributed by atoms with Crippen LogP contribution in [-0.2, 0) is 9.53 Å². The predicted molar refractivity (Wildman–Crippen MR) is 140 cm³/mol. The Bertz CT molecular complexity index is 1470. The van der Waals surface area contributed by atoms with E-state index in [9.17, 15) is 9.59 Å². The molecule has 0 fully saturated rings. The summed E-state index contributed by atoms with van der Waals surface area (Å²) in [4.78, 5) is 31.3. The first-order valence-corrected chi connectivity index (χ1v) is 12.8. The van der Waals surface area contributed by atoms with E-state index in [1.165, 1.54) is 30.2 Å². The molecule has 0 saturated heterocycles. The summed E-state index contributed by atoms with van der Waals surface area (Å²) in [5.74, 6) is 1.03. The predicted octanol–water partition coefficient (Wildman–Crippen LogP) is 3.94. The van der Waals surface area contributed by atoms with Crippen LogP contribution in [0.25, 0.3) is 6.08 Å². The van der Waals surface area contributed by atoms with Gasteiger partial charge in [-0.15, -0.1) is 0 Å². The smallest absolute Gasteiger partial charge is 0.337 e. The topological polar surface area (TPSA) is 79.1 Å². The molecular weight excluding hydrogens is 476 g/mol. The highest BCUT2D eigenvalue weighted by molar-refractivity contribution is 7.07. The number of methoxy groups -OCH3 is 1. The second-order valence-electron chi connectivity index (χ2n) is 8.57. The minimum absolute atomic E-state index is 0.224. The van der Waals surface area contributed by atoms with E-state index in [-0.39, 0.29) is 11.1 Å². The van der Waals surface area contributed by atoms with Gasteiger partial charge in [-0.25, -0.2) is 9.79 Å². The van der Waals surface area contributed by atoms with E-state index in [0.29, 0.717) is 45.5 Å². The molecule has 7 nitrogen and oxygen atoms in total. The summed E-state index contributed by atoms with van der Waals surface area (Å²) in [5.41, 5.74) is 2.90. The van der Waals surface area contributed by atoms with Crippen LogP contribution in [0.5, 0.6) is 11.5 Å². The molecule has 0 bridgehead atoms. The van der Waals surface area contributed by atoms with Crippen molar-refractivity contribution in [1.29, 1.82) is 0 Å². The number of aromatic nitrogens is 1. The number of esters is 1. The summed E-state index contributed by atoms with van der Waals surface area (Å²) in [6, 6.07) is 12.9. The second-order valence-corrected chi connectivity index (χ2v) is 9.58. The summed E-state index contributed by atoms with van der Waals surface area (Å²) in [7, 11) is 1.32. The van der Waals surface area contributed by atoms with Crippen molar-refractivity contribution in [3.05, 3.63) is 90.6 Å². The molecule has 1 aromatic heterocycles. The number of ether oxygens (including phenoxy) is 3. The third-order valence-electron chi connectivity index (χ3n) is 5.91. The van der Waals surface area contributed by atoms with Gasteiger partial charge in [-0.05, 0) is 54.7 Å². The van der Waals surface area contributed by atoms with E-state index in [0.717, 1.165) is 5.56 Å². The Hall–Kier alpha value is -3.65. The Morgan fingerprint density at radius 2 is 1.78 bits per heavy atom. The van der Waals surface area contributed by atoms with Gasteiger partial charge in [-0.1, -0.05) is 55.5 Å². The number of fused-ring (bicyclic) bond motifs is 1. The molecule has 0 aliphatic carbocycles. The van der Waals surface area contributed by atoms with Crippen LogP contribution < -0.4 is 24.4 Å². The highest BCUT2D eigenvalue weighted by atomic mass is 32.1. The molecule has 0 N–H and O–H groups in total. The average molecular weight is 507 g/mol. The van der Waals surface area contributed by atoms with Crippen LogP contribution in [0, 0.1) is 0 Å². The molecule has 2 heterocycles. The van der Waals surface area contributed by atoms with Crippen molar-refractivity contribution in [2.75, 3.05) is 20.3 Å². The van der Waals surface area contributed by atoms with Crippen molar-refractivity contribution in [2.24, 2.45) is 4.99 Å². The maximum Gasteiger partial charge on any atom is 0.337 e. The zero-order chi connectivity index (χ0) is 25.8. The molecule has 0 radical (unpaired) electrons. The lowest BCUT2D eigenvalue weighted by Crippen LogP contribution is -2.39. The van der Waals surface area contributed by atoms with Crippen molar-refractivity contribution < 1.29 is 19.0 Å². The fourth-order valence-electron chi connectivity index (χ4n) is 4.12. The normalized spacial score (nSPS) is 15.2. The Labute approximate surface area is 214 Å². The maximum absolute atomic E-state index is 13.7. The molecular formula is C28H30N2O5S. The first-order valence-electron chi connectivity index (χ1n) is 12.0. The summed E-state index contributed by atoms with van der Waals surface area (Å²) >= 11 is 1.29. The minimum atomic E-state index is -0.714. The van der Waals surface area contributed by atoms with Crippen molar-refractivity contribution in [1.82, 2.24) is 4.57 Å². The van der Waals surface area contributed by atoms with Crippen LogP contribution in [0.2, 0.25) is 0 Å². The van der Waals surface area contributed by atoms with Gasteiger partial charge in [0.05, 0.1) is 36.5 Å². The molecule has 1 aliphatic heterocycles. The van der Waals surface area contributed by atoms with E-state index < -0.39 is 12.0 Å². The quantitative estimate of drug-likeness (QED) is 0.433. The molecule has 188 valence electrons. The minimum Gasteiger partial charge on any atom is -0.490 e. The molecule has 0 amide bonds. The van der Waals surface area contributed by atoms with Gasteiger partial charge in [0.15, 0.2) is 16.3 Å². The Morgan fingerprint density at radius 1 is 1.08 bits per heavy atom. The van der Waals surface area contributed by atoms with Gasteiger partial charge in [0.25, 0.3) is 5.56 Å². The molecule has 0 spiro atoms. The fourth-order valence-corrected chi connectivity index (χ4v) is 5.09. The molecule has 1 aliphatic rings. The Balaban J connectivity index is 1.86. The van der Waals surface area contributed by atoms with Gasteiger partial charge < -0.3 is 14.2 Å². The number of hydrogen-bond acceptors (Lipinski definition) is 7. The largest absolute Gasteiger partial charge is 0.490 e. The van der Waals surface area contributed by atoms with E-state index >= 15 is 0 Å². The van der Waals surface area contributed by atoms with Gasteiger partial charge in [0, 0.05) is 6.20 Å². The first kappa shape index (κ1) is 25.4. The van der Waals surface area contributed by atoms with E-state index in [1.54, 1.807) is 10.6 Å². The van der Waals surface area contributed by atoms with Gasteiger partial charge >= 0.3 is 5.97 Å². The van der Waals surface area contributed by atoms with Crippen molar-refractivity contribution in [2.45, 2.75) is 39.7 Å². The van der Waals surface area contributed by atoms with E-state index in [4.69, 9.17) is 14.2 Å². The highest BCUT2D eigenvalue weighted by Crippen LogP contribution is 2.35. The zero-order valence-electron chi connectivity index (χ0n) is 21.1. The summed E-state index contributed by atoms with van der Waals surface area (Å²) in [6.45, 7) is 9.00. The van der Waals surface area contributed by atoms with Gasteiger partial charge in [-0.2, -0.15) is 0 Å². The van der Waals surface area contributed by atoms with Crippen LogP contribution in [0.3, 0.4) is 0 Å². The van der Waals surface area contributed by atoms with Gasteiger partial charge in [0.2, 0.25) is 0 Å². The molecule has 1 atom stereocenters. The zero-order valence-corrected chi connectivity index (χ0v) is 21.9. The van der Waals surface area contributed by atoms with Crippen molar-refractivity contribution in [3.8, 4) is 11.5 Å². The molecule has 0 saturated carbocycles. The number of rotatable bonds is 8. The average Bonchev–Trinajstić information content (AvgIpc) is 3.19. The van der Waals surface area contributed by atoms with Crippen molar-refractivity contribution >= 4 is 23.4 Å². The third-order valence-corrected chi connectivity index (χ3v) is 6.91. The number of carbonyl (C=O) groups is 1. The van der Waals surface area contributed by atoms with Crippen LogP contribution in [-0.4, -0.2) is 30.9 Å². The summed E-state index contributed by atoms with van der Waals surface area (Å²) in [6.07, 6.45) is 3.34. The molecule has 4 rings (SSSR count).